The van der Waals surface area contributed by atoms with Crippen molar-refractivity contribution in [2.75, 3.05) is 43.1 Å². The van der Waals surface area contributed by atoms with E-state index in [0.717, 1.165) is 5.69 Å². The Kier molecular flexibility index (Phi) is 6.83. The molecule has 0 unspecified atom stereocenters. The number of aromatic nitrogens is 1. The molecule has 7 nitrogen and oxygen atoms in total. The van der Waals surface area contributed by atoms with Crippen molar-refractivity contribution in [1.29, 1.82) is 0 Å². The summed E-state index contributed by atoms with van der Waals surface area (Å²) in [5.74, 6) is 1.12. The Morgan fingerprint density at radius 1 is 0.861 bits per heavy atom. The fourth-order valence-corrected chi connectivity index (χ4v) is 5.73. The first-order valence-electron chi connectivity index (χ1n) is 11.3. The molecule has 1 saturated heterocycles. The van der Waals surface area contributed by atoms with Crippen molar-refractivity contribution < 1.29 is 17.6 Å². The minimum Gasteiger partial charge on any atom is -0.497 e. The lowest BCUT2D eigenvalue weighted by molar-refractivity contribution is 0.415. The van der Waals surface area contributed by atoms with Gasteiger partial charge in [-0.3, -0.25) is 0 Å². The number of oxazole rings is 1. The van der Waals surface area contributed by atoms with Gasteiger partial charge in [-0.25, -0.2) is 8.42 Å². The van der Waals surface area contributed by atoms with Gasteiger partial charge in [0.2, 0.25) is 26.6 Å². The molecule has 1 aliphatic heterocycles. The molecule has 36 heavy (non-hydrogen) atoms. The minimum absolute atomic E-state index is 0.0975. The van der Waals surface area contributed by atoms with Crippen molar-refractivity contribution >= 4 is 44.6 Å². The Hall–Kier alpha value is -3.20. The second-order valence-corrected chi connectivity index (χ2v) is 11.0. The molecule has 1 aliphatic rings. The zero-order chi connectivity index (χ0) is 25.3. The molecule has 0 spiro atoms. The second kappa shape index (κ2) is 10.0. The molecule has 3 aromatic carbocycles. The van der Waals surface area contributed by atoms with Gasteiger partial charge in [0, 0.05) is 47.5 Å². The molecule has 0 aliphatic carbocycles. The van der Waals surface area contributed by atoms with Crippen LogP contribution >= 0.6 is 23.2 Å². The molecule has 0 saturated carbocycles. The third-order valence-corrected chi connectivity index (χ3v) is 8.19. The van der Waals surface area contributed by atoms with E-state index in [-0.39, 0.29) is 21.7 Å². The van der Waals surface area contributed by atoms with Crippen molar-refractivity contribution in [3.8, 4) is 17.2 Å². The first-order valence-corrected chi connectivity index (χ1v) is 13.5. The predicted octanol–water partition coefficient (Wildman–Crippen LogP) is 5.82. The topological polar surface area (TPSA) is 75.9 Å². The van der Waals surface area contributed by atoms with E-state index in [1.807, 2.05) is 29.2 Å². The molecular formula is C26H23Cl2N3O4S. The van der Waals surface area contributed by atoms with E-state index in [4.69, 9.17) is 32.4 Å². The average Bonchev–Trinajstić information content (AvgIpc) is 3.36. The summed E-state index contributed by atoms with van der Waals surface area (Å²) in [5.41, 5.74) is 1.67. The van der Waals surface area contributed by atoms with Crippen LogP contribution in [0, 0.1) is 0 Å². The fourth-order valence-electron chi connectivity index (χ4n) is 4.10. The first-order chi connectivity index (χ1) is 17.3. The summed E-state index contributed by atoms with van der Waals surface area (Å²) in [6.07, 6.45) is 0. The number of nitrogens with zero attached hydrogens (tertiary/aromatic N) is 3. The van der Waals surface area contributed by atoms with Gasteiger partial charge in [0.15, 0.2) is 0 Å². The number of sulfone groups is 1. The van der Waals surface area contributed by atoms with Gasteiger partial charge in [-0.15, -0.1) is 0 Å². The number of anilines is 2. The van der Waals surface area contributed by atoms with E-state index in [1.54, 1.807) is 43.5 Å². The van der Waals surface area contributed by atoms with Crippen LogP contribution < -0.4 is 14.5 Å². The number of ether oxygens (including phenoxy) is 1. The number of benzene rings is 3. The van der Waals surface area contributed by atoms with Gasteiger partial charge in [-0.05, 0) is 66.7 Å². The van der Waals surface area contributed by atoms with Crippen LogP contribution in [0.3, 0.4) is 0 Å². The molecule has 10 heteroatoms. The highest BCUT2D eigenvalue weighted by Crippen LogP contribution is 2.36. The molecular weight excluding hydrogens is 521 g/mol. The van der Waals surface area contributed by atoms with Crippen LogP contribution in [0.25, 0.3) is 11.5 Å². The molecule has 0 amide bonds. The zero-order valence-electron chi connectivity index (χ0n) is 19.4. The standard InChI is InChI=1S/C26H23Cl2N3O4S/c1-34-22-9-5-18(6-10-22)24-29-25(36(32,33)23-11-7-19(27)8-12-23)26(35-24)31-15-13-30(14-16-31)21-4-2-3-20(28)17-21/h2-12,17H,13-16H2,1H3. The number of piperazine rings is 1. The quantitative estimate of drug-likeness (QED) is 0.303. The third-order valence-electron chi connectivity index (χ3n) is 6.04. The Morgan fingerprint density at radius 3 is 2.17 bits per heavy atom. The van der Waals surface area contributed by atoms with Crippen molar-refractivity contribution in [2.45, 2.75) is 9.92 Å². The van der Waals surface area contributed by atoms with Crippen molar-refractivity contribution in [3.05, 3.63) is 82.8 Å². The first kappa shape index (κ1) is 24.5. The number of halogens is 2. The maximum absolute atomic E-state index is 13.6. The molecule has 2 heterocycles. The van der Waals surface area contributed by atoms with E-state index < -0.39 is 9.84 Å². The smallest absolute Gasteiger partial charge is 0.236 e. The van der Waals surface area contributed by atoms with Crippen LogP contribution in [-0.2, 0) is 9.84 Å². The van der Waals surface area contributed by atoms with E-state index in [1.165, 1.54) is 12.1 Å². The lowest BCUT2D eigenvalue weighted by Crippen LogP contribution is -2.46. The molecule has 1 fully saturated rings. The summed E-state index contributed by atoms with van der Waals surface area (Å²) in [6, 6.07) is 20.8. The van der Waals surface area contributed by atoms with Crippen LogP contribution in [0.15, 0.2) is 87.1 Å². The number of hydrogen-bond donors (Lipinski definition) is 0. The Morgan fingerprint density at radius 2 is 1.53 bits per heavy atom. The monoisotopic (exact) mass is 543 g/mol. The number of methoxy groups -OCH3 is 1. The average molecular weight is 544 g/mol. The lowest BCUT2D eigenvalue weighted by Gasteiger charge is -2.36. The summed E-state index contributed by atoms with van der Waals surface area (Å²) in [6.45, 7) is 2.43. The molecule has 1 aromatic heterocycles. The summed E-state index contributed by atoms with van der Waals surface area (Å²) >= 11 is 12.1. The zero-order valence-corrected chi connectivity index (χ0v) is 21.7. The predicted molar refractivity (Wildman–Crippen MR) is 141 cm³/mol. The van der Waals surface area contributed by atoms with Gasteiger partial charge >= 0.3 is 0 Å². The van der Waals surface area contributed by atoms with E-state index in [2.05, 4.69) is 9.88 Å². The maximum Gasteiger partial charge on any atom is 0.236 e. The van der Waals surface area contributed by atoms with Crippen molar-refractivity contribution in [1.82, 2.24) is 4.98 Å². The number of hydrogen-bond acceptors (Lipinski definition) is 7. The summed E-state index contributed by atoms with van der Waals surface area (Å²) in [7, 11) is -2.39. The Bertz CT molecular complexity index is 1460. The molecule has 0 atom stereocenters. The maximum atomic E-state index is 13.6. The Balaban J connectivity index is 1.50. The van der Waals surface area contributed by atoms with Crippen LogP contribution in [0.1, 0.15) is 0 Å². The molecule has 0 bridgehead atoms. The van der Waals surface area contributed by atoms with Crippen LogP contribution in [0.4, 0.5) is 11.6 Å². The van der Waals surface area contributed by atoms with Crippen LogP contribution in [-0.4, -0.2) is 46.7 Å². The van der Waals surface area contributed by atoms with E-state index in [0.29, 0.717) is 47.5 Å². The fraction of sp³-hybridized carbons (Fsp3) is 0.192. The molecule has 0 radical (unpaired) electrons. The summed E-state index contributed by atoms with van der Waals surface area (Å²) < 4.78 is 38.6. The summed E-state index contributed by atoms with van der Waals surface area (Å²) in [4.78, 5) is 8.69. The van der Waals surface area contributed by atoms with Crippen molar-refractivity contribution in [3.63, 3.8) is 0 Å². The SMILES string of the molecule is COc1ccc(-c2nc(S(=O)(=O)c3ccc(Cl)cc3)c(N3CCN(c4cccc(Cl)c4)CC3)o2)cc1. The molecule has 5 rings (SSSR count). The Labute approximate surface area is 219 Å². The van der Waals surface area contributed by atoms with Gasteiger partial charge < -0.3 is 19.0 Å². The highest BCUT2D eigenvalue weighted by molar-refractivity contribution is 7.91. The number of rotatable bonds is 6. The lowest BCUT2D eigenvalue weighted by atomic mass is 10.2. The largest absolute Gasteiger partial charge is 0.497 e. The van der Waals surface area contributed by atoms with E-state index >= 15 is 0 Å². The van der Waals surface area contributed by atoms with E-state index in [9.17, 15) is 8.42 Å². The van der Waals surface area contributed by atoms with Gasteiger partial charge in [0.25, 0.3) is 0 Å². The highest BCUT2D eigenvalue weighted by Gasteiger charge is 2.33. The van der Waals surface area contributed by atoms with Crippen LogP contribution in [0.2, 0.25) is 10.0 Å². The van der Waals surface area contributed by atoms with Gasteiger partial charge in [-0.2, -0.15) is 4.98 Å². The van der Waals surface area contributed by atoms with Crippen LogP contribution in [0.5, 0.6) is 5.75 Å². The second-order valence-electron chi connectivity index (χ2n) is 8.27. The molecule has 4 aromatic rings. The normalized spacial score (nSPS) is 14.2. The highest BCUT2D eigenvalue weighted by atomic mass is 35.5. The van der Waals surface area contributed by atoms with Gasteiger partial charge in [0.1, 0.15) is 5.75 Å². The minimum atomic E-state index is -3.97. The van der Waals surface area contributed by atoms with Crippen molar-refractivity contribution in [2.24, 2.45) is 0 Å². The molecule has 0 N–H and O–H groups in total. The molecule has 186 valence electrons. The summed E-state index contributed by atoms with van der Waals surface area (Å²) in [5, 5.41) is 1.00. The van der Waals surface area contributed by atoms with Gasteiger partial charge in [0.05, 0.1) is 12.0 Å². The third kappa shape index (κ3) is 4.89. The van der Waals surface area contributed by atoms with Gasteiger partial charge in [-0.1, -0.05) is 29.3 Å².